The Morgan fingerprint density at radius 3 is 2.52 bits per heavy atom. The van der Waals surface area contributed by atoms with E-state index in [1.54, 1.807) is 28.2 Å². The number of benzene rings is 1. The van der Waals surface area contributed by atoms with E-state index in [1.165, 1.54) is 12.1 Å². The number of hydrogen-bond acceptors (Lipinski definition) is 6. The molecule has 0 radical (unpaired) electrons. The van der Waals surface area contributed by atoms with Crippen LogP contribution in [0.4, 0.5) is 9.52 Å². The molecule has 6 nitrogen and oxygen atoms in total. The van der Waals surface area contributed by atoms with Crippen molar-refractivity contribution in [1.82, 2.24) is 24.9 Å². The standard InChI is InChI=1S/C20H24ClFN6S/c1-3-17-16(19(21)26(2)25-17)13-27-8-10-28(11-9-27)20-24-23-18(29-20)12-14-4-6-15(22)7-5-14/h4-7H,3,8-13H2,1-2H3. The van der Waals surface area contributed by atoms with Gasteiger partial charge in [-0.2, -0.15) is 5.10 Å². The first-order chi connectivity index (χ1) is 14.0. The lowest BCUT2D eigenvalue weighted by molar-refractivity contribution is 0.249. The van der Waals surface area contributed by atoms with Crippen molar-refractivity contribution in [2.45, 2.75) is 26.3 Å². The molecular formula is C20H24ClFN6S. The zero-order chi connectivity index (χ0) is 20.4. The van der Waals surface area contributed by atoms with Gasteiger partial charge in [0.25, 0.3) is 0 Å². The Kier molecular flexibility index (Phi) is 6.12. The lowest BCUT2D eigenvalue weighted by atomic mass is 10.2. The number of hydrogen-bond donors (Lipinski definition) is 0. The van der Waals surface area contributed by atoms with Gasteiger partial charge in [0.2, 0.25) is 5.13 Å². The second-order valence-electron chi connectivity index (χ2n) is 7.24. The van der Waals surface area contributed by atoms with Crippen molar-refractivity contribution in [2.75, 3.05) is 31.1 Å². The van der Waals surface area contributed by atoms with Crippen molar-refractivity contribution in [2.24, 2.45) is 7.05 Å². The van der Waals surface area contributed by atoms with Gasteiger partial charge in [0.1, 0.15) is 16.0 Å². The Bertz CT molecular complexity index is 962. The monoisotopic (exact) mass is 434 g/mol. The van der Waals surface area contributed by atoms with E-state index in [0.717, 1.165) is 71.3 Å². The van der Waals surface area contributed by atoms with Crippen LogP contribution < -0.4 is 4.90 Å². The minimum Gasteiger partial charge on any atom is -0.344 e. The van der Waals surface area contributed by atoms with Gasteiger partial charge in [-0.25, -0.2) is 4.39 Å². The summed E-state index contributed by atoms with van der Waals surface area (Å²) in [5.74, 6) is -0.219. The minimum absolute atomic E-state index is 0.219. The highest BCUT2D eigenvalue weighted by molar-refractivity contribution is 7.15. The SMILES string of the molecule is CCc1nn(C)c(Cl)c1CN1CCN(c2nnc(Cc3ccc(F)cc3)s2)CC1. The fourth-order valence-corrected chi connectivity index (χ4v) is 4.71. The fourth-order valence-electron chi connectivity index (χ4n) is 3.58. The summed E-state index contributed by atoms with van der Waals surface area (Å²) in [6.45, 7) is 6.65. The molecular weight excluding hydrogens is 411 g/mol. The van der Waals surface area contributed by atoms with E-state index in [-0.39, 0.29) is 5.82 Å². The number of anilines is 1. The lowest BCUT2D eigenvalue weighted by Crippen LogP contribution is -2.46. The maximum atomic E-state index is 13.1. The van der Waals surface area contributed by atoms with Crippen molar-refractivity contribution < 1.29 is 4.39 Å². The third-order valence-corrected chi connectivity index (χ3v) is 6.69. The van der Waals surface area contributed by atoms with Crippen molar-refractivity contribution in [1.29, 1.82) is 0 Å². The lowest BCUT2D eigenvalue weighted by Gasteiger charge is -2.34. The van der Waals surface area contributed by atoms with Crippen LogP contribution in [0.15, 0.2) is 24.3 Å². The molecule has 2 aromatic heterocycles. The van der Waals surface area contributed by atoms with Gasteiger partial charge < -0.3 is 4.90 Å². The molecule has 1 aliphatic heterocycles. The number of piperazine rings is 1. The number of aromatic nitrogens is 4. The van der Waals surface area contributed by atoms with Gasteiger partial charge in [0, 0.05) is 51.8 Å². The van der Waals surface area contributed by atoms with Gasteiger partial charge in [0.15, 0.2) is 0 Å². The Hall–Kier alpha value is -2.03. The predicted molar refractivity (Wildman–Crippen MR) is 114 cm³/mol. The molecule has 4 rings (SSSR count). The van der Waals surface area contributed by atoms with Gasteiger partial charge in [-0.15, -0.1) is 10.2 Å². The Morgan fingerprint density at radius 1 is 1.10 bits per heavy atom. The van der Waals surface area contributed by atoms with E-state index in [2.05, 4.69) is 32.0 Å². The molecule has 0 spiro atoms. The van der Waals surface area contributed by atoms with Crippen LogP contribution in [-0.4, -0.2) is 51.1 Å². The average molecular weight is 435 g/mol. The molecule has 0 saturated carbocycles. The highest BCUT2D eigenvalue weighted by atomic mass is 35.5. The highest BCUT2D eigenvalue weighted by Gasteiger charge is 2.23. The van der Waals surface area contributed by atoms with E-state index in [9.17, 15) is 4.39 Å². The molecule has 0 atom stereocenters. The molecule has 1 aromatic carbocycles. The summed E-state index contributed by atoms with van der Waals surface area (Å²) < 4.78 is 14.8. The molecule has 1 saturated heterocycles. The summed E-state index contributed by atoms with van der Waals surface area (Å²) in [5.41, 5.74) is 3.26. The third-order valence-electron chi connectivity index (χ3n) is 5.24. The van der Waals surface area contributed by atoms with E-state index >= 15 is 0 Å². The summed E-state index contributed by atoms with van der Waals surface area (Å²) in [5, 5.41) is 15.8. The summed E-state index contributed by atoms with van der Waals surface area (Å²) in [6.07, 6.45) is 1.56. The van der Waals surface area contributed by atoms with Crippen LogP contribution in [0.5, 0.6) is 0 Å². The zero-order valence-corrected chi connectivity index (χ0v) is 18.2. The Balaban J connectivity index is 1.34. The number of nitrogens with zero attached hydrogens (tertiary/aromatic N) is 6. The van der Waals surface area contributed by atoms with E-state index in [4.69, 9.17) is 11.6 Å². The van der Waals surface area contributed by atoms with Gasteiger partial charge in [0.05, 0.1) is 5.69 Å². The van der Waals surface area contributed by atoms with Crippen LogP contribution in [-0.2, 0) is 26.4 Å². The number of aryl methyl sites for hydroxylation is 2. The molecule has 0 amide bonds. The van der Waals surface area contributed by atoms with Gasteiger partial charge in [-0.05, 0) is 24.1 Å². The van der Waals surface area contributed by atoms with E-state index < -0.39 is 0 Å². The number of halogens is 2. The molecule has 1 aliphatic rings. The quantitative estimate of drug-likeness (QED) is 0.594. The second kappa shape index (κ2) is 8.77. The third kappa shape index (κ3) is 4.60. The maximum absolute atomic E-state index is 13.1. The zero-order valence-electron chi connectivity index (χ0n) is 16.6. The summed E-state index contributed by atoms with van der Waals surface area (Å²) in [7, 11) is 1.89. The molecule has 9 heteroatoms. The van der Waals surface area contributed by atoms with Crippen LogP contribution >= 0.6 is 22.9 Å². The molecule has 0 N–H and O–H groups in total. The first-order valence-corrected chi connectivity index (χ1v) is 11.0. The predicted octanol–water partition coefficient (Wildman–Crippen LogP) is 3.54. The first-order valence-electron chi connectivity index (χ1n) is 9.78. The van der Waals surface area contributed by atoms with Gasteiger partial charge >= 0.3 is 0 Å². The molecule has 3 heterocycles. The number of rotatable bonds is 6. The molecule has 3 aromatic rings. The van der Waals surface area contributed by atoms with E-state index in [1.807, 2.05) is 7.05 Å². The van der Waals surface area contributed by atoms with Gasteiger partial charge in [-0.1, -0.05) is 42.0 Å². The summed E-state index contributed by atoms with van der Waals surface area (Å²) in [4.78, 5) is 4.70. The molecule has 0 bridgehead atoms. The molecule has 0 aliphatic carbocycles. The molecule has 29 heavy (non-hydrogen) atoms. The summed E-state index contributed by atoms with van der Waals surface area (Å²) in [6, 6.07) is 6.55. The maximum Gasteiger partial charge on any atom is 0.208 e. The molecule has 1 fully saturated rings. The van der Waals surface area contributed by atoms with Crippen molar-refractivity contribution in [3.05, 3.63) is 57.1 Å². The van der Waals surface area contributed by atoms with Crippen molar-refractivity contribution in [3.8, 4) is 0 Å². The molecule has 154 valence electrons. The first kappa shape index (κ1) is 20.3. The Labute approximate surface area is 178 Å². The Morgan fingerprint density at radius 2 is 1.83 bits per heavy atom. The van der Waals surface area contributed by atoms with Crippen LogP contribution in [0.3, 0.4) is 0 Å². The summed E-state index contributed by atoms with van der Waals surface area (Å²) >= 11 is 8.05. The van der Waals surface area contributed by atoms with Crippen molar-refractivity contribution in [3.63, 3.8) is 0 Å². The highest BCUT2D eigenvalue weighted by Crippen LogP contribution is 2.26. The van der Waals surface area contributed by atoms with E-state index in [0.29, 0.717) is 6.42 Å². The molecule has 0 unspecified atom stereocenters. The van der Waals surface area contributed by atoms with Crippen LogP contribution in [0.2, 0.25) is 5.15 Å². The largest absolute Gasteiger partial charge is 0.344 e. The van der Waals surface area contributed by atoms with Crippen LogP contribution in [0, 0.1) is 5.82 Å². The smallest absolute Gasteiger partial charge is 0.208 e. The van der Waals surface area contributed by atoms with Crippen LogP contribution in [0.25, 0.3) is 0 Å². The van der Waals surface area contributed by atoms with Crippen molar-refractivity contribution >= 4 is 28.1 Å². The fraction of sp³-hybridized carbons (Fsp3) is 0.450. The average Bonchev–Trinajstić information content (AvgIpc) is 3.30. The normalized spacial score (nSPS) is 15.2. The van der Waals surface area contributed by atoms with Gasteiger partial charge in [-0.3, -0.25) is 9.58 Å². The second-order valence-corrected chi connectivity index (χ2v) is 8.64. The van der Waals surface area contributed by atoms with Crippen LogP contribution in [0.1, 0.15) is 28.8 Å². The minimum atomic E-state index is -0.219. The topological polar surface area (TPSA) is 50.1 Å².